The summed E-state index contributed by atoms with van der Waals surface area (Å²) in [4.78, 5) is 8.83. The van der Waals surface area contributed by atoms with E-state index in [1.165, 1.54) is 4.90 Å². The van der Waals surface area contributed by atoms with Crippen molar-refractivity contribution in [2.45, 2.75) is 17.9 Å². The fraction of sp³-hybridized carbons (Fsp3) is 0.130. The highest BCUT2D eigenvalue weighted by atomic mass is 32.2. The van der Waals surface area contributed by atoms with Gasteiger partial charge in [-0.3, -0.25) is 10.3 Å². The summed E-state index contributed by atoms with van der Waals surface area (Å²) in [5.41, 5.74) is 3.62. The van der Waals surface area contributed by atoms with Gasteiger partial charge < -0.3 is 5.11 Å². The molecule has 0 aliphatic rings. The van der Waals surface area contributed by atoms with Crippen molar-refractivity contribution in [3.8, 4) is 5.75 Å². The summed E-state index contributed by atoms with van der Waals surface area (Å²) < 4.78 is 0. The molecule has 4 nitrogen and oxygen atoms in total. The number of hydrogen-bond acceptors (Lipinski definition) is 4. The van der Waals surface area contributed by atoms with Crippen LogP contribution in [0.1, 0.15) is 22.7 Å². The highest BCUT2D eigenvalue weighted by Gasteiger charge is 2.24. The second kappa shape index (κ2) is 7.90. The molecule has 0 aliphatic carbocycles. The number of pyridine rings is 2. The lowest BCUT2D eigenvalue weighted by Gasteiger charge is -2.18. The summed E-state index contributed by atoms with van der Waals surface area (Å²) in [6, 6.07) is 20.1. The first-order valence-corrected chi connectivity index (χ1v) is 10.3. The van der Waals surface area contributed by atoms with E-state index in [-0.39, 0.29) is 11.8 Å². The summed E-state index contributed by atoms with van der Waals surface area (Å²) in [6.07, 6.45) is 5.68. The van der Waals surface area contributed by atoms with Crippen LogP contribution in [-0.2, 0) is 0 Å². The van der Waals surface area contributed by atoms with Gasteiger partial charge in [-0.2, -0.15) is 0 Å². The van der Waals surface area contributed by atoms with E-state index in [1.54, 1.807) is 18.0 Å². The first-order chi connectivity index (χ1) is 13.7. The van der Waals surface area contributed by atoms with Crippen LogP contribution in [-0.4, -0.2) is 16.3 Å². The molecule has 0 unspecified atom stereocenters. The predicted octanol–water partition coefficient (Wildman–Crippen LogP) is 4.99. The lowest BCUT2D eigenvalue weighted by molar-refractivity contribution is -0.361. The van der Waals surface area contributed by atoms with E-state index >= 15 is 0 Å². The van der Waals surface area contributed by atoms with E-state index in [0.29, 0.717) is 5.52 Å². The molecule has 0 saturated heterocycles. The molecule has 3 N–H and O–H groups in total. The quantitative estimate of drug-likeness (QED) is 0.473. The van der Waals surface area contributed by atoms with Crippen LogP contribution >= 0.6 is 11.8 Å². The third-order valence-electron chi connectivity index (χ3n) is 4.80. The fourth-order valence-corrected chi connectivity index (χ4v) is 3.74. The van der Waals surface area contributed by atoms with E-state index < -0.39 is 0 Å². The van der Waals surface area contributed by atoms with Crippen LogP contribution in [0.2, 0.25) is 0 Å². The third kappa shape index (κ3) is 3.66. The van der Waals surface area contributed by atoms with Crippen molar-refractivity contribution in [1.29, 1.82) is 0 Å². The Bertz CT molecular complexity index is 1110. The van der Waals surface area contributed by atoms with Gasteiger partial charge in [0.05, 0.1) is 6.20 Å². The van der Waals surface area contributed by atoms with E-state index in [9.17, 15) is 5.11 Å². The molecule has 0 aliphatic heterocycles. The topological polar surface area (TPSA) is 59.3 Å². The zero-order valence-corrected chi connectivity index (χ0v) is 16.6. The molecule has 0 radical (unpaired) electrons. The van der Waals surface area contributed by atoms with E-state index in [2.05, 4.69) is 58.8 Å². The van der Waals surface area contributed by atoms with Crippen LogP contribution in [0.3, 0.4) is 0 Å². The summed E-state index contributed by atoms with van der Waals surface area (Å²) in [5.74, 6) is 1.09. The number of benzene rings is 2. The maximum atomic E-state index is 11.0. The van der Waals surface area contributed by atoms with Crippen LogP contribution in [0.25, 0.3) is 10.9 Å². The van der Waals surface area contributed by atoms with Crippen molar-refractivity contribution >= 4 is 28.5 Å². The third-order valence-corrected chi connectivity index (χ3v) is 5.54. The van der Waals surface area contributed by atoms with Crippen LogP contribution in [0.4, 0.5) is 5.82 Å². The second-order valence-electron chi connectivity index (χ2n) is 6.71. The van der Waals surface area contributed by atoms with Gasteiger partial charge in [-0.25, -0.2) is 4.98 Å². The van der Waals surface area contributed by atoms with Crippen LogP contribution < -0.4 is 10.3 Å². The van der Waals surface area contributed by atoms with E-state index in [1.807, 2.05) is 36.5 Å². The minimum atomic E-state index is -0.222. The highest BCUT2D eigenvalue weighted by molar-refractivity contribution is 7.98. The molecule has 28 heavy (non-hydrogen) atoms. The fourth-order valence-electron chi connectivity index (χ4n) is 3.33. The van der Waals surface area contributed by atoms with Crippen molar-refractivity contribution in [2.24, 2.45) is 0 Å². The van der Waals surface area contributed by atoms with Gasteiger partial charge in [-0.1, -0.05) is 24.3 Å². The van der Waals surface area contributed by atoms with Crippen LogP contribution in [0, 0.1) is 6.92 Å². The molecule has 0 fully saturated rings. The number of anilines is 1. The zero-order valence-electron chi connectivity index (χ0n) is 15.8. The molecule has 0 amide bonds. The summed E-state index contributed by atoms with van der Waals surface area (Å²) in [5, 5.41) is 15.5. The molecule has 0 spiro atoms. The number of aromatic nitrogens is 2. The predicted molar refractivity (Wildman–Crippen MR) is 115 cm³/mol. The Hall–Kier alpha value is -3.05. The first kappa shape index (κ1) is 18.3. The highest BCUT2D eigenvalue weighted by Crippen LogP contribution is 2.36. The molecule has 2 heterocycles. The van der Waals surface area contributed by atoms with E-state index in [4.69, 9.17) is 0 Å². The molecule has 0 saturated carbocycles. The number of thioether (sulfide) groups is 1. The zero-order chi connectivity index (χ0) is 19.5. The molecular weight excluding hydrogens is 366 g/mol. The largest absolute Gasteiger partial charge is 0.505 e. The Morgan fingerprint density at radius 2 is 1.89 bits per heavy atom. The van der Waals surface area contributed by atoms with Crippen LogP contribution in [0.15, 0.2) is 78.0 Å². The Labute approximate surface area is 168 Å². The lowest BCUT2D eigenvalue weighted by Crippen LogP contribution is -2.19. The average molecular weight is 389 g/mol. The number of nitrogens with one attached hydrogen (secondary N) is 2. The standard InChI is InChI=1S/C23H21N3OS/c1-15-11-13-24-20(14-15)26-21(17-5-8-18(28-2)9-6-17)19-10-7-16-4-3-12-25-22(16)23(19)27/h3-14,21,27H,1-2H3,(H,24,26)/p+1/t21-/m1/s1. The average Bonchev–Trinajstić information content (AvgIpc) is 2.73. The summed E-state index contributed by atoms with van der Waals surface area (Å²) >= 11 is 1.71. The van der Waals surface area contributed by atoms with Gasteiger partial charge in [-0.15, -0.1) is 11.8 Å². The van der Waals surface area contributed by atoms with Crippen LogP contribution in [0.5, 0.6) is 5.75 Å². The SMILES string of the molecule is CSc1ccc([C@@H](Nc2cc(C)cc[nH+]2)c2ccc3cccnc3c2O)cc1. The maximum Gasteiger partial charge on any atom is 0.273 e. The number of aromatic amines is 1. The monoisotopic (exact) mass is 388 g/mol. The van der Waals surface area contributed by atoms with Gasteiger partial charge in [0, 0.05) is 33.7 Å². The van der Waals surface area contributed by atoms with Gasteiger partial charge in [0.2, 0.25) is 0 Å². The van der Waals surface area contributed by atoms with Crippen molar-refractivity contribution in [2.75, 3.05) is 11.6 Å². The molecule has 5 heteroatoms. The molecule has 2 aromatic carbocycles. The molecular formula is C23H22N3OS+. The number of phenols is 1. The van der Waals surface area contributed by atoms with Gasteiger partial charge in [0.25, 0.3) is 5.82 Å². The maximum absolute atomic E-state index is 11.0. The number of H-pyrrole nitrogens is 1. The van der Waals surface area contributed by atoms with Gasteiger partial charge in [0.15, 0.2) is 0 Å². The number of rotatable bonds is 5. The molecule has 4 rings (SSSR count). The minimum absolute atomic E-state index is 0.206. The normalized spacial score (nSPS) is 12.1. The van der Waals surface area contributed by atoms with E-state index in [0.717, 1.165) is 27.9 Å². The Kier molecular flexibility index (Phi) is 5.17. The Morgan fingerprint density at radius 3 is 2.64 bits per heavy atom. The molecule has 1 atom stereocenters. The summed E-state index contributed by atoms with van der Waals surface area (Å²) in [6.45, 7) is 2.05. The molecule has 140 valence electrons. The Morgan fingerprint density at radius 1 is 1.07 bits per heavy atom. The first-order valence-electron chi connectivity index (χ1n) is 9.11. The second-order valence-corrected chi connectivity index (χ2v) is 7.59. The van der Waals surface area contributed by atoms with Crippen molar-refractivity contribution in [3.63, 3.8) is 0 Å². The number of hydrogen-bond donors (Lipinski definition) is 2. The minimum Gasteiger partial charge on any atom is -0.505 e. The smallest absolute Gasteiger partial charge is 0.273 e. The van der Waals surface area contributed by atoms with Crippen molar-refractivity contribution in [3.05, 3.63) is 89.7 Å². The van der Waals surface area contributed by atoms with Gasteiger partial charge in [-0.05, 0) is 49.1 Å². The number of nitrogens with zero attached hydrogens (tertiary/aromatic N) is 1. The van der Waals surface area contributed by atoms with Gasteiger partial charge in [0.1, 0.15) is 17.3 Å². The number of aromatic hydroxyl groups is 1. The molecule has 4 aromatic rings. The summed E-state index contributed by atoms with van der Waals surface area (Å²) in [7, 11) is 0. The number of aryl methyl sites for hydroxylation is 1. The Balaban J connectivity index is 1.83. The van der Waals surface area contributed by atoms with Gasteiger partial charge >= 0.3 is 0 Å². The van der Waals surface area contributed by atoms with Crippen molar-refractivity contribution in [1.82, 2.24) is 4.98 Å². The number of fused-ring (bicyclic) bond motifs is 1. The number of phenolic OH excluding ortho intramolecular Hbond substituents is 1. The molecule has 0 bridgehead atoms. The lowest BCUT2D eigenvalue weighted by atomic mass is 9.96. The molecule has 2 aromatic heterocycles. The van der Waals surface area contributed by atoms with Crippen molar-refractivity contribution < 1.29 is 10.1 Å².